The van der Waals surface area contributed by atoms with Gasteiger partial charge in [0.1, 0.15) is 29.0 Å². The molecule has 248 valence electrons. The molecular formula is C33H41ClN4O8. The minimum absolute atomic E-state index is 0.0224. The molecule has 12 nitrogen and oxygen atoms in total. The minimum Gasteiger partial charge on any atom is -0.491 e. The number of fused-ring (bicyclic) bond motifs is 3. The molecule has 5 aliphatic rings. The monoisotopic (exact) mass is 656 g/mol. The van der Waals surface area contributed by atoms with Crippen molar-refractivity contribution in [2.24, 2.45) is 11.1 Å². The zero-order valence-corrected chi connectivity index (χ0v) is 27.2. The highest BCUT2D eigenvalue weighted by atomic mass is 35.5. The fourth-order valence-corrected chi connectivity index (χ4v) is 7.23. The van der Waals surface area contributed by atoms with Crippen molar-refractivity contribution in [3.8, 4) is 5.75 Å². The van der Waals surface area contributed by atoms with E-state index in [1.54, 1.807) is 26.8 Å². The second-order valence-corrected chi connectivity index (χ2v) is 14.5. The van der Waals surface area contributed by atoms with Gasteiger partial charge in [0.15, 0.2) is 5.60 Å². The summed E-state index contributed by atoms with van der Waals surface area (Å²) in [6, 6.07) is 1.74. The number of oxime groups is 1. The molecule has 0 aromatic heterocycles. The van der Waals surface area contributed by atoms with Gasteiger partial charge in [-0.1, -0.05) is 41.8 Å². The van der Waals surface area contributed by atoms with Crippen LogP contribution in [0.5, 0.6) is 5.75 Å². The van der Waals surface area contributed by atoms with Gasteiger partial charge in [-0.05, 0) is 64.2 Å². The van der Waals surface area contributed by atoms with E-state index in [0.29, 0.717) is 42.4 Å². The highest BCUT2D eigenvalue weighted by molar-refractivity contribution is 6.32. The third-order valence-corrected chi connectivity index (χ3v) is 9.64. The van der Waals surface area contributed by atoms with E-state index < -0.39 is 52.7 Å². The molecule has 13 heteroatoms. The molecule has 4 heterocycles. The summed E-state index contributed by atoms with van der Waals surface area (Å²) in [6.07, 6.45) is 7.88. The molecule has 1 spiro atoms. The number of carboxylic acids is 1. The molecule has 2 fully saturated rings. The number of nitrogens with one attached hydrogen (secondary N) is 2. The Morgan fingerprint density at radius 1 is 1.20 bits per heavy atom. The molecule has 4 aliphatic heterocycles. The Morgan fingerprint density at radius 2 is 2.00 bits per heavy atom. The normalized spacial score (nSPS) is 30.9. The zero-order chi connectivity index (χ0) is 32.9. The number of amides is 3. The smallest absolute Gasteiger partial charge is 0.408 e. The van der Waals surface area contributed by atoms with Crippen LogP contribution in [0.1, 0.15) is 83.3 Å². The maximum absolute atomic E-state index is 14.3. The first-order chi connectivity index (χ1) is 21.8. The average molecular weight is 657 g/mol. The van der Waals surface area contributed by atoms with Gasteiger partial charge < -0.3 is 35.0 Å². The molecule has 1 aliphatic carbocycles. The van der Waals surface area contributed by atoms with E-state index in [1.807, 2.05) is 18.2 Å². The molecule has 3 N–H and O–H groups in total. The van der Waals surface area contributed by atoms with Crippen LogP contribution in [0.4, 0.5) is 4.79 Å². The number of aliphatic carboxylic acids is 1. The lowest BCUT2D eigenvalue weighted by Gasteiger charge is -2.30. The van der Waals surface area contributed by atoms with Gasteiger partial charge in [-0.3, -0.25) is 9.59 Å². The van der Waals surface area contributed by atoms with Gasteiger partial charge >= 0.3 is 12.1 Å². The van der Waals surface area contributed by atoms with Crippen molar-refractivity contribution in [3.05, 3.63) is 40.4 Å². The number of ether oxygens (including phenoxy) is 2. The Morgan fingerprint density at radius 3 is 2.76 bits per heavy atom. The molecule has 0 bridgehead atoms. The molecule has 46 heavy (non-hydrogen) atoms. The summed E-state index contributed by atoms with van der Waals surface area (Å²) in [5.41, 5.74) is -0.867. The van der Waals surface area contributed by atoms with Crippen molar-refractivity contribution >= 4 is 41.2 Å². The van der Waals surface area contributed by atoms with Crippen LogP contribution in [0.25, 0.3) is 0 Å². The molecule has 6 rings (SSSR count). The lowest BCUT2D eigenvalue weighted by atomic mass is 9.91. The van der Waals surface area contributed by atoms with Crippen molar-refractivity contribution in [2.45, 2.75) is 107 Å². The highest BCUT2D eigenvalue weighted by Gasteiger charge is 2.62. The molecule has 1 saturated carbocycles. The van der Waals surface area contributed by atoms with Gasteiger partial charge in [0.2, 0.25) is 11.8 Å². The van der Waals surface area contributed by atoms with Crippen molar-refractivity contribution in [1.29, 1.82) is 0 Å². The molecule has 1 aromatic rings. The fraction of sp³-hybridized carbons (Fsp3) is 0.606. The number of nitrogens with zero attached hydrogens (tertiary/aromatic N) is 2. The molecule has 5 atom stereocenters. The Hall–Kier alpha value is -3.80. The number of carbonyl (C=O) groups is 4. The second-order valence-electron chi connectivity index (χ2n) is 14.1. The lowest BCUT2D eigenvalue weighted by molar-refractivity contribution is -0.145. The number of rotatable bonds is 3. The maximum Gasteiger partial charge on any atom is 0.408 e. The van der Waals surface area contributed by atoms with E-state index in [1.165, 1.54) is 4.90 Å². The van der Waals surface area contributed by atoms with Crippen LogP contribution in [0.3, 0.4) is 0 Å². The van der Waals surface area contributed by atoms with Crippen LogP contribution in [0.15, 0.2) is 29.4 Å². The predicted molar refractivity (Wildman–Crippen MR) is 168 cm³/mol. The number of alkyl carbamates (subject to hydrolysis) is 1. The third-order valence-electron chi connectivity index (χ3n) is 9.36. The van der Waals surface area contributed by atoms with E-state index in [9.17, 15) is 24.3 Å². The van der Waals surface area contributed by atoms with Crippen molar-refractivity contribution in [3.63, 3.8) is 0 Å². The van der Waals surface area contributed by atoms with Crippen LogP contribution >= 0.6 is 11.6 Å². The van der Waals surface area contributed by atoms with Gasteiger partial charge in [-0.15, -0.1) is 0 Å². The summed E-state index contributed by atoms with van der Waals surface area (Å²) in [7, 11) is 0. The van der Waals surface area contributed by atoms with E-state index in [4.69, 9.17) is 25.9 Å². The number of hydrogen-bond donors (Lipinski definition) is 3. The Labute approximate surface area is 272 Å². The maximum atomic E-state index is 14.3. The van der Waals surface area contributed by atoms with Crippen LogP contribution in [0.2, 0.25) is 5.02 Å². The first-order valence-electron chi connectivity index (χ1n) is 16.0. The van der Waals surface area contributed by atoms with Crippen molar-refractivity contribution in [1.82, 2.24) is 15.5 Å². The standard InChI is InChI=1S/C33H41ClN4O8/c1-31(2,3)45-30(43)35-23-10-8-6-4-5-7-9-21-15-33(21,29(41)42)36-27(39)25-17-32(18-38(25)28(23)40)16-24(37-46-32)20-13-19-11-12-44-26(19)22(34)14-20/h7,9,13-14,21,23,25H,4-6,8,10-12,15-18H2,1-3H3,(H,35,43)(H,36,39)(H,41,42)/t21-,23+,25+,32-,33-/m1/s1. The van der Waals surface area contributed by atoms with E-state index in [0.717, 1.165) is 36.8 Å². The van der Waals surface area contributed by atoms with Gasteiger partial charge in [0.05, 0.1) is 23.9 Å². The van der Waals surface area contributed by atoms with Gasteiger partial charge in [-0.2, -0.15) is 0 Å². The van der Waals surface area contributed by atoms with Crippen molar-refractivity contribution in [2.75, 3.05) is 13.2 Å². The number of hydrogen-bond acceptors (Lipinski definition) is 8. The topological polar surface area (TPSA) is 156 Å². The number of allylic oxidation sites excluding steroid dienone is 1. The minimum atomic E-state index is -1.44. The summed E-state index contributed by atoms with van der Waals surface area (Å²) in [5, 5.41) is 20.5. The summed E-state index contributed by atoms with van der Waals surface area (Å²) in [6.45, 7) is 5.79. The van der Waals surface area contributed by atoms with Gasteiger partial charge in [-0.25, -0.2) is 9.59 Å². The van der Waals surface area contributed by atoms with E-state index in [2.05, 4.69) is 15.8 Å². The predicted octanol–water partition coefficient (Wildman–Crippen LogP) is 4.11. The number of carboxylic acid groups (broad SMARTS) is 1. The van der Waals surface area contributed by atoms with Crippen LogP contribution in [-0.2, 0) is 30.4 Å². The molecule has 1 saturated heterocycles. The molecular weight excluding hydrogens is 616 g/mol. The number of benzene rings is 1. The fourth-order valence-electron chi connectivity index (χ4n) is 6.93. The lowest BCUT2D eigenvalue weighted by Crippen LogP contribution is -2.56. The van der Waals surface area contributed by atoms with E-state index >= 15 is 0 Å². The van der Waals surface area contributed by atoms with Crippen molar-refractivity contribution < 1.29 is 38.6 Å². The summed E-state index contributed by atoms with van der Waals surface area (Å²) in [5.74, 6) is -1.83. The third kappa shape index (κ3) is 6.41. The van der Waals surface area contributed by atoms with Crippen LogP contribution in [-0.4, -0.2) is 81.6 Å². The summed E-state index contributed by atoms with van der Waals surface area (Å²) >= 11 is 6.50. The van der Waals surface area contributed by atoms with Gasteiger partial charge in [0.25, 0.3) is 0 Å². The number of halogens is 1. The van der Waals surface area contributed by atoms with Crippen LogP contribution in [0, 0.1) is 5.92 Å². The van der Waals surface area contributed by atoms with Gasteiger partial charge in [0, 0.05) is 30.7 Å². The van der Waals surface area contributed by atoms with E-state index in [-0.39, 0.29) is 25.3 Å². The largest absolute Gasteiger partial charge is 0.491 e. The SMILES string of the molecule is CC(C)(C)OC(=O)N[C@H]1CCCCCC=C[C@@H]2C[C@@]2(C(=O)O)NC(=O)[C@@H]2C[C@]3(CC(c4cc(Cl)c5c(c4)CCO5)=NO3)CN2C1=O. The molecule has 0 unspecified atom stereocenters. The average Bonchev–Trinajstić information content (AvgIpc) is 3.34. The zero-order valence-electron chi connectivity index (χ0n) is 26.4. The van der Waals surface area contributed by atoms with Crippen LogP contribution < -0.4 is 15.4 Å². The molecule has 3 amide bonds. The molecule has 1 aromatic carbocycles. The number of carbonyl (C=O) groups excluding carboxylic acids is 3. The highest BCUT2D eigenvalue weighted by Crippen LogP contribution is 2.46. The first kappa shape index (κ1) is 32.2. The quantitative estimate of drug-likeness (QED) is 0.411. The Balaban J connectivity index is 1.29. The summed E-state index contributed by atoms with van der Waals surface area (Å²) in [4.78, 5) is 61.0. The first-order valence-corrected chi connectivity index (χ1v) is 16.4. The summed E-state index contributed by atoms with van der Waals surface area (Å²) < 4.78 is 11.1. The second kappa shape index (κ2) is 12.1. The Bertz CT molecular complexity index is 1500. The Kier molecular flexibility index (Phi) is 8.45. The molecule has 0 radical (unpaired) electrons.